The van der Waals surface area contributed by atoms with Crippen LogP contribution in [0.3, 0.4) is 0 Å². The van der Waals surface area contributed by atoms with E-state index in [0.29, 0.717) is 54.7 Å². The average Bonchev–Trinajstić information content (AvgIpc) is 3.61. The van der Waals surface area contributed by atoms with Crippen molar-refractivity contribution in [3.8, 4) is 22.3 Å². The minimum absolute atomic E-state index is 0.339. The number of benzene rings is 7. The number of fused-ring (bicyclic) bond motifs is 4. The van der Waals surface area contributed by atoms with Crippen molar-refractivity contribution in [1.82, 2.24) is 0 Å². The summed E-state index contributed by atoms with van der Waals surface area (Å²) in [6.07, 6.45) is -7.15. The predicted molar refractivity (Wildman–Crippen MR) is 405 cm³/mol. The zero-order chi connectivity index (χ0) is 61.8. The van der Waals surface area contributed by atoms with E-state index in [9.17, 15) is 0 Å². The topological polar surface area (TPSA) is 0 Å². The maximum Gasteiger partial charge on any atom is 0.0968 e. The van der Waals surface area contributed by atoms with Gasteiger partial charge in [-0.05, 0) is 260 Å². The van der Waals surface area contributed by atoms with E-state index in [1.54, 1.807) is 7.17 Å². The minimum Gasteiger partial charge on any atom is -0.113 e. The van der Waals surface area contributed by atoms with E-state index in [1.807, 2.05) is 6.92 Å². The predicted octanol–water partition coefficient (Wildman–Crippen LogP) is -2.57. The van der Waals surface area contributed by atoms with Crippen LogP contribution >= 0.6 is 0 Å². The quantitative estimate of drug-likeness (QED) is 0.0697. The van der Waals surface area contributed by atoms with Crippen molar-refractivity contribution in [2.45, 2.75) is 111 Å². The molecule has 0 bridgehead atoms. The third-order valence-corrected chi connectivity index (χ3v) is 19.8. The maximum absolute atomic E-state index is 7.71. The van der Waals surface area contributed by atoms with Crippen LogP contribution in [0.25, 0.3) is 65.3 Å². The van der Waals surface area contributed by atoms with Gasteiger partial charge in [0.25, 0.3) is 0 Å². The van der Waals surface area contributed by atoms with Crippen molar-refractivity contribution in [3.63, 3.8) is 0 Å². The summed E-state index contributed by atoms with van der Waals surface area (Å²) in [5.41, 5.74) is 24.9. The van der Waals surface area contributed by atoms with Crippen LogP contribution in [0.5, 0.6) is 0 Å². The zero-order valence-electron chi connectivity index (χ0n) is 51.5. The highest BCUT2D eigenvalue weighted by Gasteiger charge is 2.43. The van der Waals surface area contributed by atoms with E-state index >= 15 is 0 Å². The maximum atomic E-state index is 7.71. The molecule has 7 aromatic carbocycles. The summed E-state index contributed by atoms with van der Waals surface area (Å²) in [6, 6.07) is 0. The zero-order valence-corrected chi connectivity index (χ0v) is 51.5. The van der Waals surface area contributed by atoms with E-state index in [4.69, 9.17) is 132 Å². The SMILES string of the molecule is [B][B]B([B])B(B([B])[B])c1c(B(B([B])[B])B([B])[B])c(B([B][B])B([B])[B])c(B([B])B([B])[B])c2c(B([B])[B][B])c(-c3c4c(C)c(C)c(C)c(C)c4c(-c4c(C)c(C)c5c(C)c(C)c(C)c(C)c5c4C)c4c(C)c(C)c(C)c(C)c34)c([B][B])c(C)c12. The number of aryl methyl sites for hydroxylation is 9. The molecule has 0 fully saturated rings. The van der Waals surface area contributed by atoms with Crippen LogP contribution in [0, 0.1) is 111 Å². The molecule has 32 heteroatoms. The highest BCUT2D eigenvalue weighted by atomic mass is 14.3. The lowest BCUT2D eigenvalue weighted by Gasteiger charge is -2.42. The van der Waals surface area contributed by atoms with Gasteiger partial charge in [-0.2, -0.15) is 0 Å². The Morgan fingerprint density at radius 3 is 0.976 bits per heavy atom. The lowest BCUT2D eigenvalue weighted by atomic mass is 8.66. The molecule has 0 aliphatic carbocycles. The van der Waals surface area contributed by atoms with E-state index in [0.717, 1.165) is 66.1 Å². The monoisotopic (exact) mass is 1000 g/mol. The van der Waals surface area contributed by atoms with Crippen LogP contribution in [-0.2, 0) is 0 Å². The normalized spacial score (nSPS) is 11.3. The van der Waals surface area contributed by atoms with Gasteiger partial charge in [-0.3, -0.25) is 0 Å². The first kappa shape index (κ1) is 67.2. The second-order valence-corrected chi connectivity index (χ2v) is 23.8. The number of hydrogen-bond acceptors (Lipinski definition) is 0. The van der Waals surface area contributed by atoms with Crippen molar-refractivity contribution >= 4 is 307 Å². The molecule has 0 nitrogen and oxygen atoms in total. The van der Waals surface area contributed by atoms with Gasteiger partial charge < -0.3 is 0 Å². The van der Waals surface area contributed by atoms with Crippen LogP contribution < -0.4 is 32.8 Å². The van der Waals surface area contributed by atoms with E-state index < -0.39 is 70.8 Å². The molecule has 0 heterocycles. The summed E-state index contributed by atoms with van der Waals surface area (Å²) in [6.45, 7) is 30.0. The summed E-state index contributed by atoms with van der Waals surface area (Å²) in [5, 5.41) is 7.74. The molecule has 7 aromatic rings. The first-order valence-corrected chi connectivity index (χ1v) is 28.4. The van der Waals surface area contributed by atoms with Crippen molar-refractivity contribution in [2.24, 2.45) is 0 Å². The summed E-state index contributed by atoms with van der Waals surface area (Å²) in [7, 11) is 124. The third-order valence-electron chi connectivity index (χ3n) is 19.8. The second-order valence-electron chi connectivity index (χ2n) is 23.8. The molecule has 82 heavy (non-hydrogen) atoms. The minimum atomic E-state index is -1.24. The Kier molecular flexibility index (Phi) is 20.8. The lowest BCUT2D eigenvalue weighted by Crippen LogP contribution is -2.80. The second kappa shape index (κ2) is 25.4. The molecule has 0 aliphatic heterocycles. The lowest BCUT2D eigenvalue weighted by molar-refractivity contribution is 1.22. The van der Waals surface area contributed by atoms with E-state index in [-0.39, 0.29) is 0 Å². The highest BCUT2D eigenvalue weighted by molar-refractivity contribution is 7.89. The highest BCUT2D eigenvalue weighted by Crippen LogP contribution is 2.53. The molecule has 0 unspecified atom stereocenters. The molecular formula is C50H48B32. The van der Waals surface area contributed by atoms with Crippen molar-refractivity contribution < 1.29 is 0 Å². The van der Waals surface area contributed by atoms with Gasteiger partial charge in [0.2, 0.25) is 0 Å². The van der Waals surface area contributed by atoms with Crippen molar-refractivity contribution in [2.75, 3.05) is 0 Å². The summed E-state index contributed by atoms with van der Waals surface area (Å²) in [4.78, 5) is 0. The molecule has 0 saturated heterocycles. The molecule has 344 valence electrons. The first-order valence-electron chi connectivity index (χ1n) is 28.4. The molecule has 0 atom stereocenters. The standard InChI is InChI=1S/C50H48B32/c1-17-18(2)24(8)34-31(15)35(30(14)29(13)33(34)23(17)7)41-36-25(9)19(3)21(5)27(11)38(36)42(39-28(12)22(6)20(4)26(10)37(39)41)43-45(68-51)32(16)40-44(46(43)72(55)69-52)47(73(56)77(57)58)49(74(70-53)78(59)60)50(75(79(61)62)80(63)64)48(40)76(81(65)66)82(67)71-54/h1-16H3. The molecule has 7 rings (SSSR count). The third kappa shape index (κ3) is 10.4. The van der Waals surface area contributed by atoms with Gasteiger partial charge in [0.15, 0.2) is 0 Å². The van der Waals surface area contributed by atoms with Crippen molar-refractivity contribution in [1.29, 1.82) is 0 Å². The molecule has 38 radical (unpaired) electrons. The number of rotatable bonds is 17. The smallest absolute Gasteiger partial charge is 0.0968 e. The van der Waals surface area contributed by atoms with Gasteiger partial charge in [-0.15, -0.1) is 10.9 Å². The molecule has 0 amide bonds. The summed E-state index contributed by atoms with van der Waals surface area (Å²) < 4.78 is 0. The fourth-order valence-electron chi connectivity index (χ4n) is 14.5. The Labute approximate surface area is 524 Å². The summed E-state index contributed by atoms with van der Waals surface area (Å²) in [5.74, 6) is 0. The molecule has 0 saturated carbocycles. The first-order chi connectivity index (χ1) is 38.2. The van der Waals surface area contributed by atoms with Crippen LogP contribution in [0.1, 0.15) is 89.0 Å². The Morgan fingerprint density at radius 2 is 0.634 bits per heavy atom. The molecule has 0 N–H and O–H groups in total. The van der Waals surface area contributed by atoms with E-state index in [1.165, 1.54) is 87.6 Å². The van der Waals surface area contributed by atoms with Crippen LogP contribution in [0.2, 0.25) is 0 Å². The van der Waals surface area contributed by atoms with Crippen LogP contribution in [0.4, 0.5) is 0 Å². The van der Waals surface area contributed by atoms with Gasteiger partial charge in [0.05, 0.1) is 39.6 Å². The Balaban J connectivity index is 2.06. The van der Waals surface area contributed by atoms with Gasteiger partial charge >= 0.3 is 0 Å². The molecule has 0 aromatic heterocycles. The average molecular weight is 995 g/mol. The van der Waals surface area contributed by atoms with Gasteiger partial charge in [0.1, 0.15) is 0 Å². The largest absolute Gasteiger partial charge is 0.113 e. The van der Waals surface area contributed by atoms with Crippen molar-refractivity contribution in [3.05, 3.63) is 89.0 Å². The number of hydrogen-bond donors (Lipinski definition) is 0. The van der Waals surface area contributed by atoms with E-state index in [2.05, 4.69) is 104 Å². The van der Waals surface area contributed by atoms with Gasteiger partial charge in [-0.25, -0.2) is 0 Å². The molecule has 0 spiro atoms. The van der Waals surface area contributed by atoms with Gasteiger partial charge in [-0.1, -0.05) is 27.4 Å². The summed E-state index contributed by atoms with van der Waals surface area (Å²) >= 11 is 0. The molecule has 0 aliphatic rings. The van der Waals surface area contributed by atoms with Crippen LogP contribution in [0.15, 0.2) is 0 Å². The van der Waals surface area contributed by atoms with Crippen LogP contribution in [-0.4, -0.2) is 231 Å². The van der Waals surface area contributed by atoms with Gasteiger partial charge in [0, 0.05) is 191 Å². The Morgan fingerprint density at radius 1 is 0.256 bits per heavy atom. The molecular weight excluding hydrogens is 947 g/mol. The Hall–Kier alpha value is -2.34. The fraction of sp³-hybridized carbons (Fsp3) is 0.320. The Bertz CT molecular complexity index is 3650. The fourth-order valence-corrected chi connectivity index (χ4v) is 14.5.